The van der Waals surface area contributed by atoms with Crippen LogP contribution < -0.4 is 5.73 Å². The van der Waals surface area contributed by atoms with Gasteiger partial charge in [-0.1, -0.05) is 12.1 Å². The van der Waals surface area contributed by atoms with Gasteiger partial charge in [0.2, 0.25) is 9.84 Å². The van der Waals surface area contributed by atoms with Crippen molar-refractivity contribution in [2.45, 2.75) is 17.3 Å². The molecule has 1 aromatic carbocycles. The second kappa shape index (κ2) is 3.35. The largest absolute Gasteiger partial charge is 0.398 e. The van der Waals surface area contributed by atoms with E-state index in [0.29, 0.717) is 0 Å². The molecule has 0 saturated carbocycles. The van der Waals surface area contributed by atoms with Crippen molar-refractivity contribution in [1.82, 2.24) is 0 Å². The standard InChI is InChI=1S/C8H11NO3S/c1-6(10)13(11,12)8-5-3-2-4-7(8)9/h2-6,10H,9H2,1H3/t6-/m0/s1. The highest BCUT2D eigenvalue weighted by atomic mass is 32.2. The lowest BCUT2D eigenvalue weighted by Crippen LogP contribution is -2.18. The monoisotopic (exact) mass is 201 g/mol. The molecule has 0 aliphatic carbocycles. The summed E-state index contributed by atoms with van der Waals surface area (Å²) in [6, 6.07) is 6.05. The van der Waals surface area contributed by atoms with Crippen molar-refractivity contribution in [2.24, 2.45) is 0 Å². The van der Waals surface area contributed by atoms with E-state index in [-0.39, 0.29) is 10.6 Å². The van der Waals surface area contributed by atoms with Gasteiger partial charge in [0.05, 0.1) is 10.6 Å². The number of para-hydroxylation sites is 1. The van der Waals surface area contributed by atoms with Crippen LogP contribution >= 0.6 is 0 Å². The molecule has 0 fully saturated rings. The Labute approximate surface area is 76.9 Å². The maximum atomic E-state index is 11.4. The highest BCUT2D eigenvalue weighted by molar-refractivity contribution is 7.92. The molecule has 0 amide bonds. The summed E-state index contributed by atoms with van der Waals surface area (Å²) >= 11 is 0. The van der Waals surface area contributed by atoms with Gasteiger partial charge in [-0.05, 0) is 19.1 Å². The maximum absolute atomic E-state index is 11.4. The molecule has 0 aliphatic heterocycles. The third kappa shape index (κ3) is 1.81. The Kier molecular flexibility index (Phi) is 2.58. The average molecular weight is 201 g/mol. The van der Waals surface area contributed by atoms with Crippen LogP contribution in [0.2, 0.25) is 0 Å². The van der Waals surface area contributed by atoms with Crippen LogP contribution in [0.25, 0.3) is 0 Å². The van der Waals surface area contributed by atoms with E-state index in [1.807, 2.05) is 0 Å². The summed E-state index contributed by atoms with van der Waals surface area (Å²) in [4.78, 5) is -0.0231. The van der Waals surface area contributed by atoms with E-state index in [1.165, 1.54) is 19.1 Å². The average Bonchev–Trinajstić information content (AvgIpc) is 2.04. The number of benzene rings is 1. The quantitative estimate of drug-likeness (QED) is 0.678. The normalized spacial score (nSPS) is 14.0. The fraction of sp³-hybridized carbons (Fsp3) is 0.250. The predicted octanol–water partition coefficient (Wildman–Crippen LogP) is 0.381. The van der Waals surface area contributed by atoms with Crippen LogP contribution in [-0.2, 0) is 9.84 Å². The van der Waals surface area contributed by atoms with E-state index in [0.717, 1.165) is 0 Å². The Morgan fingerprint density at radius 2 is 1.92 bits per heavy atom. The molecule has 72 valence electrons. The molecule has 1 aromatic rings. The van der Waals surface area contributed by atoms with Crippen LogP contribution in [0.1, 0.15) is 6.92 Å². The summed E-state index contributed by atoms with van der Waals surface area (Å²) in [6.07, 6.45) is 0. The molecule has 0 aromatic heterocycles. The number of nitrogens with two attached hydrogens (primary N) is 1. The lowest BCUT2D eigenvalue weighted by atomic mass is 10.3. The molecule has 0 saturated heterocycles. The molecule has 5 heteroatoms. The van der Waals surface area contributed by atoms with Gasteiger partial charge in [0.25, 0.3) is 0 Å². The number of hydrogen-bond acceptors (Lipinski definition) is 4. The van der Waals surface area contributed by atoms with E-state index >= 15 is 0 Å². The van der Waals surface area contributed by atoms with Crippen molar-refractivity contribution >= 4 is 15.5 Å². The molecule has 3 N–H and O–H groups in total. The van der Waals surface area contributed by atoms with Gasteiger partial charge in [-0.2, -0.15) is 0 Å². The smallest absolute Gasteiger partial charge is 0.206 e. The van der Waals surface area contributed by atoms with Crippen molar-refractivity contribution in [3.8, 4) is 0 Å². The van der Waals surface area contributed by atoms with Crippen LogP contribution in [0.4, 0.5) is 5.69 Å². The molecular weight excluding hydrogens is 190 g/mol. The van der Waals surface area contributed by atoms with Gasteiger partial charge in [-0.3, -0.25) is 0 Å². The number of hydrogen-bond donors (Lipinski definition) is 2. The summed E-state index contributed by atoms with van der Waals surface area (Å²) in [5.74, 6) is 0. The molecule has 0 spiro atoms. The van der Waals surface area contributed by atoms with E-state index in [2.05, 4.69) is 0 Å². The number of aliphatic hydroxyl groups is 1. The van der Waals surface area contributed by atoms with Crippen molar-refractivity contribution in [2.75, 3.05) is 5.73 Å². The lowest BCUT2D eigenvalue weighted by Gasteiger charge is -2.08. The zero-order valence-corrected chi connectivity index (χ0v) is 7.95. The number of aliphatic hydroxyl groups excluding tert-OH is 1. The minimum Gasteiger partial charge on any atom is -0.398 e. The molecule has 0 heterocycles. The van der Waals surface area contributed by atoms with Gasteiger partial charge in [-0.15, -0.1) is 0 Å². The second-order valence-corrected chi connectivity index (χ2v) is 4.89. The summed E-state index contributed by atoms with van der Waals surface area (Å²) in [5, 5.41) is 9.01. The fourth-order valence-electron chi connectivity index (χ4n) is 0.923. The molecule has 4 nitrogen and oxygen atoms in total. The minimum atomic E-state index is -3.68. The zero-order valence-electron chi connectivity index (χ0n) is 7.14. The van der Waals surface area contributed by atoms with Crippen molar-refractivity contribution < 1.29 is 13.5 Å². The summed E-state index contributed by atoms with van der Waals surface area (Å²) in [5.41, 5.74) is 4.18. The van der Waals surface area contributed by atoms with Crippen molar-refractivity contribution in [1.29, 1.82) is 0 Å². The fourth-order valence-corrected chi connectivity index (χ4v) is 1.96. The van der Waals surface area contributed by atoms with Crippen molar-refractivity contribution in [3.63, 3.8) is 0 Å². The van der Waals surface area contributed by atoms with Crippen LogP contribution in [0.5, 0.6) is 0 Å². The Morgan fingerprint density at radius 3 is 2.38 bits per heavy atom. The van der Waals surface area contributed by atoms with E-state index in [4.69, 9.17) is 10.8 Å². The topological polar surface area (TPSA) is 80.4 Å². The first-order chi connectivity index (χ1) is 5.96. The summed E-state index contributed by atoms with van der Waals surface area (Å²) in [7, 11) is -3.68. The van der Waals surface area contributed by atoms with Gasteiger partial charge in [0.1, 0.15) is 0 Å². The van der Waals surface area contributed by atoms with Gasteiger partial charge in [0.15, 0.2) is 5.44 Å². The Balaban J connectivity index is 3.32. The van der Waals surface area contributed by atoms with Gasteiger partial charge in [-0.25, -0.2) is 8.42 Å². The summed E-state index contributed by atoms with van der Waals surface area (Å²) < 4.78 is 22.8. The third-order valence-electron chi connectivity index (χ3n) is 1.67. The molecular formula is C8H11NO3S. The van der Waals surface area contributed by atoms with Gasteiger partial charge < -0.3 is 10.8 Å². The highest BCUT2D eigenvalue weighted by Gasteiger charge is 2.22. The van der Waals surface area contributed by atoms with E-state index in [9.17, 15) is 8.42 Å². The first-order valence-corrected chi connectivity index (χ1v) is 5.27. The van der Waals surface area contributed by atoms with Crippen LogP contribution in [0.15, 0.2) is 29.2 Å². The molecule has 0 unspecified atom stereocenters. The minimum absolute atomic E-state index is 0.0231. The molecule has 1 atom stereocenters. The number of nitrogen functional groups attached to an aromatic ring is 1. The zero-order chi connectivity index (χ0) is 10.1. The first-order valence-electron chi connectivity index (χ1n) is 3.72. The third-order valence-corrected chi connectivity index (χ3v) is 3.56. The molecule has 0 bridgehead atoms. The SMILES string of the molecule is C[C@@H](O)S(=O)(=O)c1ccccc1N. The Morgan fingerprint density at radius 1 is 1.38 bits per heavy atom. The number of sulfone groups is 1. The van der Waals surface area contributed by atoms with E-state index < -0.39 is 15.3 Å². The van der Waals surface area contributed by atoms with Crippen molar-refractivity contribution in [3.05, 3.63) is 24.3 Å². The summed E-state index contributed by atoms with van der Waals surface area (Å²) in [6.45, 7) is 1.20. The van der Waals surface area contributed by atoms with Crippen LogP contribution in [0, 0.1) is 0 Å². The molecule has 0 aliphatic rings. The second-order valence-electron chi connectivity index (χ2n) is 2.68. The number of anilines is 1. The Bertz CT molecular complexity index is 398. The maximum Gasteiger partial charge on any atom is 0.206 e. The van der Waals surface area contributed by atoms with E-state index in [1.54, 1.807) is 12.1 Å². The van der Waals surface area contributed by atoms with Crippen LogP contribution in [-0.4, -0.2) is 19.0 Å². The van der Waals surface area contributed by atoms with Gasteiger partial charge >= 0.3 is 0 Å². The highest BCUT2D eigenvalue weighted by Crippen LogP contribution is 2.20. The van der Waals surface area contributed by atoms with Gasteiger partial charge in [0, 0.05) is 0 Å². The molecule has 0 radical (unpaired) electrons. The molecule has 13 heavy (non-hydrogen) atoms. The lowest BCUT2D eigenvalue weighted by molar-refractivity contribution is 0.268. The van der Waals surface area contributed by atoms with Crippen LogP contribution in [0.3, 0.4) is 0 Å². The molecule has 1 rings (SSSR count). The Hall–Kier alpha value is -1.07. The predicted molar refractivity (Wildman–Crippen MR) is 49.7 cm³/mol. The first kappa shape index (κ1) is 10.0. The number of rotatable bonds is 2.